The van der Waals surface area contributed by atoms with E-state index in [1.54, 1.807) is 12.1 Å². The summed E-state index contributed by atoms with van der Waals surface area (Å²) in [4.78, 5) is 15.4. The van der Waals surface area contributed by atoms with E-state index in [4.69, 9.17) is 14.6 Å². The molecule has 31 heavy (non-hydrogen) atoms. The molecule has 0 atom stereocenters. The van der Waals surface area contributed by atoms with Gasteiger partial charge in [-0.05, 0) is 73.4 Å². The topological polar surface area (TPSA) is 88.9 Å². The van der Waals surface area contributed by atoms with Crippen LogP contribution in [0, 0.1) is 26.6 Å². The summed E-state index contributed by atoms with van der Waals surface area (Å²) in [6, 6.07) is 9.25. The summed E-state index contributed by atoms with van der Waals surface area (Å²) < 4.78 is 24.5. The number of pyridine rings is 1. The summed E-state index contributed by atoms with van der Waals surface area (Å²) in [7, 11) is 1.44. The zero-order chi connectivity index (χ0) is 22.7. The second-order valence-electron chi connectivity index (χ2n) is 7.33. The molecule has 162 valence electrons. The minimum atomic E-state index is -1.03. The van der Waals surface area contributed by atoms with Gasteiger partial charge in [0.25, 0.3) is 0 Å². The quantitative estimate of drug-likeness (QED) is 0.576. The minimum absolute atomic E-state index is 0.0570. The van der Waals surface area contributed by atoms with Crippen LogP contribution in [0.15, 0.2) is 36.4 Å². The van der Waals surface area contributed by atoms with Crippen molar-refractivity contribution in [2.75, 3.05) is 13.7 Å². The van der Waals surface area contributed by atoms with Crippen LogP contribution in [0.3, 0.4) is 0 Å². The molecular weight excluding hydrogens is 401 g/mol. The van der Waals surface area contributed by atoms with Gasteiger partial charge in [-0.1, -0.05) is 0 Å². The smallest absolute Gasteiger partial charge is 0.341 e. The highest BCUT2D eigenvalue weighted by Crippen LogP contribution is 2.33. The molecule has 3 rings (SSSR count). The monoisotopic (exact) mass is 425 g/mol. The van der Waals surface area contributed by atoms with Gasteiger partial charge >= 0.3 is 5.97 Å². The van der Waals surface area contributed by atoms with Crippen molar-refractivity contribution < 1.29 is 28.9 Å². The Morgan fingerprint density at radius 2 is 1.84 bits per heavy atom. The van der Waals surface area contributed by atoms with E-state index in [1.165, 1.54) is 25.3 Å². The lowest BCUT2D eigenvalue weighted by Crippen LogP contribution is -2.11. The van der Waals surface area contributed by atoms with Crippen LogP contribution in [0.2, 0.25) is 0 Å². The van der Waals surface area contributed by atoms with Crippen LogP contribution >= 0.6 is 0 Å². The molecule has 2 aromatic carbocycles. The predicted molar refractivity (Wildman–Crippen MR) is 114 cm³/mol. The van der Waals surface area contributed by atoms with Crippen molar-refractivity contribution in [3.8, 4) is 28.5 Å². The highest BCUT2D eigenvalue weighted by Gasteiger charge is 2.15. The lowest BCUT2D eigenvalue weighted by molar-refractivity contribution is -0.139. The molecule has 0 aliphatic carbocycles. The first-order chi connectivity index (χ1) is 14.7. The van der Waals surface area contributed by atoms with Gasteiger partial charge in [-0.3, -0.25) is 0 Å². The van der Waals surface area contributed by atoms with Gasteiger partial charge in [0, 0.05) is 23.7 Å². The number of carboxylic acids is 1. The number of hydrogen-bond donors (Lipinski definition) is 2. The molecule has 2 N–H and O–H groups in total. The largest absolute Gasteiger partial charge is 0.506 e. The number of benzene rings is 2. The van der Waals surface area contributed by atoms with E-state index in [0.717, 1.165) is 22.3 Å². The number of aryl methyl sites for hydroxylation is 1. The molecule has 1 aromatic heterocycles. The fraction of sp³-hybridized carbons (Fsp3) is 0.250. The molecule has 0 fully saturated rings. The Morgan fingerprint density at radius 1 is 1.10 bits per heavy atom. The maximum atomic E-state index is 13.9. The van der Waals surface area contributed by atoms with Crippen molar-refractivity contribution in [2.45, 2.75) is 27.2 Å². The van der Waals surface area contributed by atoms with Gasteiger partial charge in [0.2, 0.25) is 0 Å². The molecule has 0 unspecified atom stereocenters. The lowest BCUT2D eigenvalue weighted by Gasteiger charge is -2.17. The van der Waals surface area contributed by atoms with Crippen LogP contribution in [0.5, 0.6) is 17.2 Å². The molecule has 1 heterocycles. The van der Waals surface area contributed by atoms with Gasteiger partial charge in [0.05, 0.1) is 7.11 Å². The fourth-order valence-electron chi connectivity index (χ4n) is 3.46. The molecule has 0 aliphatic rings. The van der Waals surface area contributed by atoms with Crippen LogP contribution in [0.4, 0.5) is 4.39 Å². The molecule has 0 saturated heterocycles. The number of aromatic hydroxyl groups is 1. The summed E-state index contributed by atoms with van der Waals surface area (Å²) in [5.41, 5.74) is 5.18. The Hall–Kier alpha value is -3.61. The van der Waals surface area contributed by atoms with E-state index in [0.29, 0.717) is 29.2 Å². The predicted octanol–water partition coefficient (Wildman–Crippen LogP) is 4.58. The molecular formula is C24H24FNO5. The zero-order valence-electron chi connectivity index (χ0n) is 17.8. The maximum absolute atomic E-state index is 13.9. The number of aromatic nitrogens is 1. The van der Waals surface area contributed by atoms with Gasteiger partial charge in [-0.15, -0.1) is 0 Å². The lowest BCUT2D eigenvalue weighted by atomic mass is 9.93. The Morgan fingerprint density at radius 3 is 2.52 bits per heavy atom. The van der Waals surface area contributed by atoms with Crippen molar-refractivity contribution >= 4 is 5.97 Å². The molecule has 6 nitrogen and oxygen atoms in total. The number of nitrogens with zero attached hydrogens (tertiary/aromatic N) is 1. The summed E-state index contributed by atoms with van der Waals surface area (Å²) >= 11 is 0. The first kappa shape index (κ1) is 22.1. The van der Waals surface area contributed by atoms with Crippen LogP contribution in [-0.4, -0.2) is 34.9 Å². The normalized spacial score (nSPS) is 10.7. The van der Waals surface area contributed by atoms with Gasteiger partial charge in [-0.25, -0.2) is 14.2 Å². The van der Waals surface area contributed by atoms with Gasteiger partial charge in [-0.2, -0.15) is 0 Å². The molecule has 0 spiro atoms. The van der Waals surface area contributed by atoms with Crippen LogP contribution in [0.25, 0.3) is 11.3 Å². The summed E-state index contributed by atoms with van der Waals surface area (Å²) in [5.74, 6) is -0.708. The highest BCUT2D eigenvalue weighted by molar-refractivity contribution is 5.69. The van der Waals surface area contributed by atoms with E-state index < -0.39 is 18.4 Å². The number of ether oxygens (including phenoxy) is 2. The first-order valence-corrected chi connectivity index (χ1v) is 9.67. The van der Waals surface area contributed by atoms with Crippen molar-refractivity contribution in [3.63, 3.8) is 0 Å². The number of methoxy groups -OCH3 is 1. The second-order valence-corrected chi connectivity index (χ2v) is 7.33. The van der Waals surface area contributed by atoms with Crippen LogP contribution in [0.1, 0.15) is 27.9 Å². The SMILES string of the molecule is COc1cc(F)cc(-c2nc(Cc3c(C)cc(OCC(=O)O)c(C)c3C)ccc2O)c1. The summed E-state index contributed by atoms with van der Waals surface area (Å²) in [6.07, 6.45) is 0.484. The summed E-state index contributed by atoms with van der Waals surface area (Å²) in [6.45, 7) is 5.35. The third-order valence-corrected chi connectivity index (χ3v) is 5.23. The maximum Gasteiger partial charge on any atom is 0.341 e. The second kappa shape index (κ2) is 9.04. The average molecular weight is 425 g/mol. The zero-order valence-corrected chi connectivity index (χ0v) is 17.8. The molecule has 3 aromatic rings. The van der Waals surface area contributed by atoms with E-state index in [1.807, 2.05) is 26.8 Å². The van der Waals surface area contributed by atoms with Gasteiger partial charge in [0.1, 0.15) is 28.8 Å². The number of rotatable bonds is 7. The van der Waals surface area contributed by atoms with E-state index in [9.17, 15) is 14.3 Å². The number of hydrogen-bond acceptors (Lipinski definition) is 5. The van der Waals surface area contributed by atoms with Gasteiger partial charge < -0.3 is 19.7 Å². The van der Waals surface area contributed by atoms with Crippen molar-refractivity contribution in [1.29, 1.82) is 0 Å². The molecule has 0 aliphatic heterocycles. The molecule has 7 heteroatoms. The van der Waals surface area contributed by atoms with Crippen molar-refractivity contribution in [3.05, 3.63) is 70.2 Å². The van der Waals surface area contributed by atoms with Crippen molar-refractivity contribution in [1.82, 2.24) is 4.98 Å². The molecule has 0 amide bonds. The number of carboxylic acid groups (broad SMARTS) is 1. The number of aliphatic carboxylic acids is 1. The minimum Gasteiger partial charge on any atom is -0.506 e. The Bertz CT molecular complexity index is 1140. The van der Waals surface area contributed by atoms with Crippen LogP contribution in [-0.2, 0) is 11.2 Å². The molecule has 0 radical (unpaired) electrons. The number of halogens is 1. The van der Waals surface area contributed by atoms with E-state index >= 15 is 0 Å². The first-order valence-electron chi connectivity index (χ1n) is 9.67. The fourth-order valence-corrected chi connectivity index (χ4v) is 3.46. The van der Waals surface area contributed by atoms with E-state index in [2.05, 4.69) is 4.98 Å². The average Bonchev–Trinajstić information content (AvgIpc) is 2.73. The standard InChI is InChI=1S/C24H24FNO5/c1-13-7-22(31-12-23(28)29)15(3)14(2)20(13)11-18-5-6-21(27)24(26-18)16-8-17(25)10-19(9-16)30-4/h5-10,27H,11-12H2,1-4H3,(H,28,29). The third-order valence-electron chi connectivity index (χ3n) is 5.23. The Kier molecular flexibility index (Phi) is 6.44. The number of carbonyl (C=O) groups is 1. The van der Waals surface area contributed by atoms with Crippen molar-refractivity contribution in [2.24, 2.45) is 0 Å². The Labute approximate surface area is 179 Å². The molecule has 0 saturated carbocycles. The highest BCUT2D eigenvalue weighted by atomic mass is 19.1. The molecule has 0 bridgehead atoms. The Balaban J connectivity index is 1.97. The van der Waals surface area contributed by atoms with E-state index in [-0.39, 0.29) is 11.4 Å². The van der Waals surface area contributed by atoms with Crippen LogP contribution < -0.4 is 9.47 Å². The third kappa shape index (κ3) is 4.94. The van der Waals surface area contributed by atoms with Gasteiger partial charge in [0.15, 0.2) is 6.61 Å². The summed E-state index contributed by atoms with van der Waals surface area (Å²) in [5, 5.41) is 19.2.